The molecule has 2 amide bonds. The predicted molar refractivity (Wildman–Crippen MR) is 143 cm³/mol. The van der Waals surface area contributed by atoms with Gasteiger partial charge in [-0.15, -0.1) is 0 Å². The van der Waals surface area contributed by atoms with E-state index >= 15 is 0 Å². The van der Waals surface area contributed by atoms with Gasteiger partial charge in [-0.05, 0) is 98.0 Å². The fourth-order valence-corrected chi connectivity index (χ4v) is 5.77. The van der Waals surface area contributed by atoms with E-state index in [1.54, 1.807) is 39.0 Å². The highest BCUT2D eigenvalue weighted by Crippen LogP contribution is 2.38. The Morgan fingerprint density at radius 3 is 2.44 bits per heavy atom. The number of aryl methyl sites for hydroxylation is 1. The summed E-state index contributed by atoms with van der Waals surface area (Å²) in [5, 5.41) is -0.587. The molecule has 192 valence electrons. The van der Waals surface area contributed by atoms with Crippen LogP contribution in [0.5, 0.6) is 11.5 Å². The third kappa shape index (κ3) is 6.79. The van der Waals surface area contributed by atoms with E-state index in [2.05, 4.69) is 0 Å². The van der Waals surface area contributed by atoms with Crippen molar-refractivity contribution >= 4 is 67.7 Å². The molecule has 1 aliphatic heterocycles. The van der Waals surface area contributed by atoms with Gasteiger partial charge in [0.1, 0.15) is 11.4 Å². The van der Waals surface area contributed by atoms with Gasteiger partial charge in [0, 0.05) is 0 Å². The fourth-order valence-electron chi connectivity index (χ4n) is 3.09. The molecule has 0 radical (unpaired) electrons. The number of nitrogens with zero attached hydrogens (tertiary/aromatic N) is 1. The SMILES string of the molecule is CCOc1cc(/C=C2\SC(=O)N(CC(=O)OC(C)C)C2=O)cc(I)c1OS(=O)(=O)c1ccc(C)cc1. The lowest BCUT2D eigenvalue weighted by atomic mass is 10.2. The summed E-state index contributed by atoms with van der Waals surface area (Å²) < 4.78 is 42.2. The number of benzene rings is 2. The van der Waals surface area contributed by atoms with Gasteiger partial charge in [-0.1, -0.05) is 17.7 Å². The van der Waals surface area contributed by atoms with Crippen LogP contribution in [0, 0.1) is 10.5 Å². The summed E-state index contributed by atoms with van der Waals surface area (Å²) in [5.74, 6) is -1.13. The van der Waals surface area contributed by atoms with Gasteiger partial charge < -0.3 is 13.7 Å². The maximum absolute atomic E-state index is 12.8. The largest absolute Gasteiger partial charge is 0.490 e. The van der Waals surface area contributed by atoms with E-state index in [0.29, 0.717) is 20.9 Å². The Bertz CT molecular complexity index is 1320. The molecule has 0 N–H and O–H groups in total. The fraction of sp³-hybridized carbons (Fsp3) is 0.292. The van der Waals surface area contributed by atoms with Crippen LogP contribution in [0.2, 0.25) is 0 Å². The van der Waals surface area contributed by atoms with Crippen LogP contribution in [0.4, 0.5) is 4.79 Å². The summed E-state index contributed by atoms with van der Waals surface area (Å²) in [6.45, 7) is 6.67. The molecule has 0 spiro atoms. The van der Waals surface area contributed by atoms with Crippen molar-refractivity contribution in [1.29, 1.82) is 0 Å². The summed E-state index contributed by atoms with van der Waals surface area (Å²) in [4.78, 5) is 37.9. The van der Waals surface area contributed by atoms with E-state index in [1.807, 2.05) is 29.5 Å². The smallest absolute Gasteiger partial charge is 0.339 e. The number of imide groups is 1. The number of hydrogen-bond acceptors (Lipinski definition) is 9. The number of carbonyl (C=O) groups is 3. The van der Waals surface area contributed by atoms with E-state index in [9.17, 15) is 22.8 Å². The minimum absolute atomic E-state index is 0.0000858. The zero-order chi connectivity index (χ0) is 26.6. The Morgan fingerprint density at radius 1 is 1.17 bits per heavy atom. The van der Waals surface area contributed by atoms with Gasteiger partial charge in [0.15, 0.2) is 11.5 Å². The van der Waals surface area contributed by atoms with E-state index < -0.39 is 33.8 Å². The Hall–Kier alpha value is -2.58. The van der Waals surface area contributed by atoms with E-state index in [4.69, 9.17) is 13.7 Å². The number of thioether (sulfide) groups is 1. The summed E-state index contributed by atoms with van der Waals surface area (Å²) in [6, 6.07) is 9.38. The van der Waals surface area contributed by atoms with Crippen LogP contribution in [-0.4, -0.2) is 49.7 Å². The Kier molecular flexibility index (Phi) is 9.06. The molecule has 0 unspecified atom stereocenters. The average Bonchev–Trinajstić information content (AvgIpc) is 3.03. The van der Waals surface area contributed by atoms with Crippen LogP contribution in [0.1, 0.15) is 31.9 Å². The number of hydrogen-bond donors (Lipinski definition) is 0. The Morgan fingerprint density at radius 2 is 1.83 bits per heavy atom. The first-order valence-electron chi connectivity index (χ1n) is 10.8. The van der Waals surface area contributed by atoms with Crippen LogP contribution >= 0.6 is 34.4 Å². The van der Waals surface area contributed by atoms with E-state index in [0.717, 1.165) is 10.5 Å². The Balaban J connectivity index is 1.89. The second kappa shape index (κ2) is 11.6. The first-order valence-corrected chi connectivity index (χ1v) is 14.1. The molecule has 2 aromatic carbocycles. The first kappa shape index (κ1) is 28.0. The van der Waals surface area contributed by atoms with Gasteiger partial charge in [0.2, 0.25) is 0 Å². The van der Waals surface area contributed by atoms with Crippen molar-refractivity contribution in [3.05, 3.63) is 56.0 Å². The number of halogens is 1. The molecule has 1 heterocycles. The molecule has 0 atom stereocenters. The van der Waals surface area contributed by atoms with Crippen LogP contribution < -0.4 is 8.92 Å². The van der Waals surface area contributed by atoms with Crippen molar-refractivity contribution in [2.45, 2.75) is 38.7 Å². The molecule has 0 saturated carbocycles. The van der Waals surface area contributed by atoms with Crippen molar-refractivity contribution in [2.75, 3.05) is 13.2 Å². The third-order valence-corrected chi connectivity index (χ3v) is 7.60. The molecule has 9 nitrogen and oxygen atoms in total. The van der Waals surface area contributed by atoms with Crippen molar-refractivity contribution in [1.82, 2.24) is 4.90 Å². The van der Waals surface area contributed by atoms with Crippen LogP contribution in [0.3, 0.4) is 0 Å². The van der Waals surface area contributed by atoms with Gasteiger partial charge in [-0.25, -0.2) is 0 Å². The van der Waals surface area contributed by atoms with Gasteiger partial charge in [0.05, 0.1) is 21.2 Å². The molecule has 12 heteroatoms. The number of amides is 2. The molecule has 36 heavy (non-hydrogen) atoms. The monoisotopic (exact) mass is 645 g/mol. The topological polar surface area (TPSA) is 116 Å². The molecule has 1 aliphatic rings. The van der Waals surface area contributed by atoms with Gasteiger partial charge in [0.25, 0.3) is 11.1 Å². The second-order valence-electron chi connectivity index (χ2n) is 7.92. The summed E-state index contributed by atoms with van der Waals surface area (Å²) in [5.41, 5.74) is 1.39. The molecule has 1 fully saturated rings. The van der Waals surface area contributed by atoms with Gasteiger partial charge in [-0.2, -0.15) is 8.42 Å². The lowest BCUT2D eigenvalue weighted by molar-refractivity contribution is -0.149. The zero-order valence-corrected chi connectivity index (χ0v) is 23.7. The number of ether oxygens (including phenoxy) is 2. The molecule has 3 rings (SSSR count). The van der Waals surface area contributed by atoms with Gasteiger partial charge >= 0.3 is 16.1 Å². The maximum Gasteiger partial charge on any atom is 0.339 e. The molecule has 0 bridgehead atoms. The Labute approximate surface area is 227 Å². The minimum atomic E-state index is -4.13. The molecular weight excluding hydrogens is 621 g/mol. The molecule has 0 aliphatic carbocycles. The van der Waals surface area contributed by atoms with Crippen molar-refractivity contribution in [2.24, 2.45) is 0 Å². The highest BCUT2D eigenvalue weighted by atomic mass is 127. The first-order chi connectivity index (χ1) is 16.9. The highest BCUT2D eigenvalue weighted by molar-refractivity contribution is 14.1. The molecule has 0 aromatic heterocycles. The lowest BCUT2D eigenvalue weighted by Gasteiger charge is -2.15. The van der Waals surface area contributed by atoms with E-state index in [1.165, 1.54) is 24.3 Å². The zero-order valence-electron chi connectivity index (χ0n) is 19.9. The number of rotatable bonds is 9. The number of esters is 1. The average molecular weight is 645 g/mol. The van der Waals surface area contributed by atoms with Gasteiger partial charge in [-0.3, -0.25) is 19.3 Å². The predicted octanol–water partition coefficient (Wildman–Crippen LogP) is 4.75. The van der Waals surface area contributed by atoms with Crippen molar-refractivity contribution < 1.29 is 36.5 Å². The van der Waals surface area contributed by atoms with E-state index in [-0.39, 0.29) is 34.0 Å². The minimum Gasteiger partial charge on any atom is -0.490 e. The summed E-state index contributed by atoms with van der Waals surface area (Å²) in [7, 11) is -4.13. The normalized spacial score (nSPS) is 15.1. The van der Waals surface area contributed by atoms with Crippen molar-refractivity contribution in [3.63, 3.8) is 0 Å². The van der Waals surface area contributed by atoms with Crippen molar-refractivity contribution in [3.8, 4) is 11.5 Å². The summed E-state index contributed by atoms with van der Waals surface area (Å²) in [6.07, 6.45) is 1.10. The molecule has 2 aromatic rings. The highest BCUT2D eigenvalue weighted by Gasteiger charge is 2.37. The quantitative estimate of drug-likeness (QED) is 0.165. The summed E-state index contributed by atoms with van der Waals surface area (Å²) >= 11 is 2.61. The van der Waals surface area contributed by atoms with Crippen LogP contribution in [0.15, 0.2) is 46.2 Å². The third-order valence-electron chi connectivity index (χ3n) is 4.66. The second-order valence-corrected chi connectivity index (χ2v) is 11.6. The number of carbonyl (C=O) groups excluding carboxylic acids is 3. The van der Waals surface area contributed by atoms with Crippen LogP contribution in [-0.2, 0) is 24.4 Å². The lowest BCUT2D eigenvalue weighted by Crippen LogP contribution is -2.35. The maximum atomic E-state index is 12.8. The van der Waals surface area contributed by atoms with Crippen LogP contribution in [0.25, 0.3) is 6.08 Å². The standard InChI is InChI=1S/C24H24INO8S2/c1-5-32-19-11-16(12-20-23(28)26(24(29)35-20)13-21(27)33-14(2)3)10-18(25)22(19)34-36(30,31)17-8-6-15(4)7-9-17/h6-12,14H,5,13H2,1-4H3/b20-12-. The molecule has 1 saturated heterocycles. The molecular formula is C24H24INO8S2.